The number of hydrogen-bond donors (Lipinski definition) is 1. The summed E-state index contributed by atoms with van der Waals surface area (Å²) < 4.78 is 31.3. The zero-order chi connectivity index (χ0) is 12.5. The molecule has 1 N–H and O–H groups in total. The maximum Gasteiger partial charge on any atom is 0.377 e. The minimum atomic E-state index is -3.32. The van der Waals surface area contributed by atoms with Gasteiger partial charge in [0.2, 0.25) is 0 Å². The van der Waals surface area contributed by atoms with Crippen molar-refractivity contribution in [2.24, 2.45) is 0 Å². The van der Waals surface area contributed by atoms with Gasteiger partial charge in [-0.3, -0.25) is 0 Å². The second-order valence-corrected chi connectivity index (χ2v) is 6.32. The molecular weight excluding hydrogens is 316 g/mol. The van der Waals surface area contributed by atoms with Gasteiger partial charge in [-0.2, -0.15) is 8.78 Å². The monoisotopic (exact) mass is 325 g/mol. The molecule has 0 saturated carbocycles. The number of esters is 1. The molecule has 3 nitrogen and oxygen atoms in total. The standard InChI is InChI=1S/C10H10BrF2NO2S/c11-8-2-1-7(17-8)5-14-4-6-3-10(12,13)9(15)16-6/h1-2,6,14H,3-5H2. The van der Waals surface area contributed by atoms with E-state index in [-0.39, 0.29) is 6.54 Å². The molecule has 0 aliphatic carbocycles. The van der Waals surface area contributed by atoms with Crippen LogP contribution in [0.15, 0.2) is 15.9 Å². The molecule has 94 valence electrons. The van der Waals surface area contributed by atoms with E-state index in [2.05, 4.69) is 26.0 Å². The second-order valence-electron chi connectivity index (χ2n) is 3.77. The Labute approximate surface area is 109 Å². The van der Waals surface area contributed by atoms with Gasteiger partial charge in [0, 0.05) is 18.0 Å². The van der Waals surface area contributed by atoms with Crippen molar-refractivity contribution in [3.63, 3.8) is 0 Å². The second kappa shape index (κ2) is 4.99. The molecule has 0 bridgehead atoms. The Balaban J connectivity index is 1.75. The number of cyclic esters (lactones) is 1. The average Bonchev–Trinajstić information content (AvgIpc) is 2.73. The highest BCUT2D eigenvalue weighted by atomic mass is 79.9. The number of hydrogen-bond acceptors (Lipinski definition) is 4. The van der Waals surface area contributed by atoms with Crippen molar-refractivity contribution in [1.82, 2.24) is 5.32 Å². The molecule has 0 spiro atoms. The summed E-state index contributed by atoms with van der Waals surface area (Å²) in [6.07, 6.45) is -1.27. The average molecular weight is 326 g/mol. The van der Waals surface area contributed by atoms with Crippen LogP contribution in [-0.4, -0.2) is 24.5 Å². The molecule has 0 radical (unpaired) electrons. The first kappa shape index (κ1) is 12.9. The first-order chi connectivity index (χ1) is 7.97. The van der Waals surface area contributed by atoms with Crippen LogP contribution in [0.3, 0.4) is 0 Å². The van der Waals surface area contributed by atoms with Crippen LogP contribution in [0.4, 0.5) is 8.78 Å². The lowest BCUT2D eigenvalue weighted by atomic mass is 10.2. The molecule has 2 heterocycles. The van der Waals surface area contributed by atoms with E-state index in [0.29, 0.717) is 6.54 Å². The fraction of sp³-hybridized carbons (Fsp3) is 0.500. The van der Waals surface area contributed by atoms with E-state index in [9.17, 15) is 13.6 Å². The van der Waals surface area contributed by atoms with Crippen LogP contribution in [0.2, 0.25) is 0 Å². The Bertz CT molecular complexity index is 424. The molecule has 1 aromatic rings. The molecule has 1 fully saturated rings. The Kier molecular flexibility index (Phi) is 3.79. The first-order valence-corrected chi connectivity index (χ1v) is 6.62. The van der Waals surface area contributed by atoms with Crippen molar-refractivity contribution in [2.75, 3.05) is 6.54 Å². The van der Waals surface area contributed by atoms with Crippen LogP contribution in [0.5, 0.6) is 0 Å². The minimum Gasteiger partial charge on any atom is -0.456 e. The van der Waals surface area contributed by atoms with E-state index in [4.69, 9.17) is 0 Å². The topological polar surface area (TPSA) is 38.3 Å². The van der Waals surface area contributed by atoms with E-state index in [1.165, 1.54) is 0 Å². The normalized spacial score (nSPS) is 22.8. The molecule has 2 rings (SSSR count). The maximum absolute atomic E-state index is 12.8. The Morgan fingerprint density at radius 2 is 2.35 bits per heavy atom. The first-order valence-electron chi connectivity index (χ1n) is 5.01. The molecule has 0 aromatic carbocycles. The lowest BCUT2D eigenvalue weighted by Crippen LogP contribution is -2.26. The smallest absolute Gasteiger partial charge is 0.377 e. The summed E-state index contributed by atoms with van der Waals surface area (Å²) in [4.78, 5) is 11.8. The number of alkyl halides is 2. The predicted molar refractivity (Wildman–Crippen MR) is 63.2 cm³/mol. The van der Waals surface area contributed by atoms with Crippen molar-refractivity contribution in [3.8, 4) is 0 Å². The fourth-order valence-corrected chi connectivity index (χ4v) is 3.02. The van der Waals surface area contributed by atoms with Crippen LogP contribution in [0, 0.1) is 0 Å². The van der Waals surface area contributed by atoms with Crippen LogP contribution in [-0.2, 0) is 16.1 Å². The summed E-state index contributed by atoms with van der Waals surface area (Å²) in [5.41, 5.74) is 0. The van der Waals surface area contributed by atoms with Gasteiger partial charge in [0.15, 0.2) is 0 Å². The van der Waals surface area contributed by atoms with Gasteiger partial charge in [0.05, 0.1) is 10.2 Å². The van der Waals surface area contributed by atoms with E-state index in [1.54, 1.807) is 11.3 Å². The van der Waals surface area contributed by atoms with E-state index >= 15 is 0 Å². The third-order valence-electron chi connectivity index (χ3n) is 2.36. The maximum atomic E-state index is 12.8. The summed E-state index contributed by atoms with van der Waals surface area (Å²) >= 11 is 4.90. The molecule has 1 saturated heterocycles. The summed E-state index contributed by atoms with van der Waals surface area (Å²) in [5.74, 6) is -4.73. The van der Waals surface area contributed by atoms with Gasteiger partial charge in [0.1, 0.15) is 6.10 Å². The molecule has 1 unspecified atom stereocenters. The summed E-state index contributed by atoms with van der Waals surface area (Å²) in [7, 11) is 0. The minimum absolute atomic E-state index is 0.247. The molecule has 7 heteroatoms. The highest BCUT2D eigenvalue weighted by Gasteiger charge is 2.50. The van der Waals surface area contributed by atoms with Gasteiger partial charge in [-0.25, -0.2) is 4.79 Å². The van der Waals surface area contributed by atoms with Crippen LogP contribution >= 0.6 is 27.3 Å². The van der Waals surface area contributed by atoms with Gasteiger partial charge >= 0.3 is 11.9 Å². The van der Waals surface area contributed by atoms with E-state index < -0.39 is 24.4 Å². The van der Waals surface area contributed by atoms with E-state index in [1.807, 2.05) is 12.1 Å². The zero-order valence-electron chi connectivity index (χ0n) is 8.71. The highest BCUT2D eigenvalue weighted by Crippen LogP contribution is 2.30. The third kappa shape index (κ3) is 3.23. The number of carbonyl (C=O) groups is 1. The van der Waals surface area contributed by atoms with Crippen molar-refractivity contribution in [3.05, 3.63) is 20.8 Å². The van der Waals surface area contributed by atoms with Crippen LogP contribution < -0.4 is 5.32 Å². The zero-order valence-corrected chi connectivity index (χ0v) is 11.1. The van der Waals surface area contributed by atoms with Gasteiger partial charge in [-0.05, 0) is 28.1 Å². The number of carbonyl (C=O) groups excluding carboxylic acids is 1. The number of ether oxygens (including phenoxy) is 1. The Morgan fingerprint density at radius 3 is 2.88 bits per heavy atom. The predicted octanol–water partition coefficient (Wildman–Crippen LogP) is 2.55. The van der Waals surface area contributed by atoms with Crippen LogP contribution in [0.1, 0.15) is 11.3 Å². The Morgan fingerprint density at radius 1 is 1.59 bits per heavy atom. The molecule has 0 amide bonds. The lowest BCUT2D eigenvalue weighted by molar-refractivity contribution is -0.159. The number of thiophene rings is 1. The van der Waals surface area contributed by atoms with Crippen molar-refractivity contribution < 1.29 is 18.3 Å². The molecule has 1 aliphatic heterocycles. The third-order valence-corrected chi connectivity index (χ3v) is 3.98. The molecule has 1 atom stereocenters. The fourth-order valence-electron chi connectivity index (χ4n) is 1.57. The SMILES string of the molecule is O=C1OC(CNCc2ccc(Br)s2)CC1(F)F. The van der Waals surface area contributed by atoms with Crippen molar-refractivity contribution >= 4 is 33.2 Å². The van der Waals surface area contributed by atoms with Gasteiger partial charge in [-0.1, -0.05) is 0 Å². The van der Waals surface area contributed by atoms with Crippen molar-refractivity contribution in [1.29, 1.82) is 0 Å². The van der Waals surface area contributed by atoms with E-state index in [0.717, 1.165) is 8.66 Å². The molecule has 1 aliphatic rings. The molecular formula is C10H10BrF2NO2S. The van der Waals surface area contributed by atoms with Gasteiger partial charge in [0.25, 0.3) is 0 Å². The highest BCUT2D eigenvalue weighted by molar-refractivity contribution is 9.11. The summed E-state index contributed by atoms with van der Waals surface area (Å²) in [6, 6.07) is 3.86. The van der Waals surface area contributed by atoms with Crippen molar-refractivity contribution in [2.45, 2.75) is 25.0 Å². The number of rotatable bonds is 4. The largest absolute Gasteiger partial charge is 0.456 e. The molecule has 1 aromatic heterocycles. The van der Waals surface area contributed by atoms with Crippen LogP contribution in [0.25, 0.3) is 0 Å². The lowest BCUT2D eigenvalue weighted by Gasteiger charge is -2.08. The summed E-state index contributed by atoms with van der Waals surface area (Å²) in [6.45, 7) is 0.826. The number of nitrogens with one attached hydrogen (secondary N) is 1. The van der Waals surface area contributed by atoms with Gasteiger partial charge < -0.3 is 10.1 Å². The van der Waals surface area contributed by atoms with Gasteiger partial charge in [-0.15, -0.1) is 11.3 Å². The quantitative estimate of drug-likeness (QED) is 0.865. The Hall–Kier alpha value is -0.530. The number of halogens is 3. The summed E-state index contributed by atoms with van der Waals surface area (Å²) in [5, 5.41) is 2.99. The molecule has 17 heavy (non-hydrogen) atoms.